The topological polar surface area (TPSA) is 55.6 Å². The SMILES string of the molecule is COc1ccccc1NC(=O)c1c(C)nc2cc(Cl)ccn12. The molecule has 0 unspecified atom stereocenters. The number of ether oxygens (including phenoxy) is 1. The number of benzene rings is 1. The fourth-order valence-electron chi connectivity index (χ4n) is 2.34. The van der Waals surface area contributed by atoms with Crippen LogP contribution in [0.25, 0.3) is 5.65 Å². The van der Waals surface area contributed by atoms with Gasteiger partial charge in [0, 0.05) is 17.3 Å². The number of carbonyl (C=O) groups excluding carboxylic acids is 1. The van der Waals surface area contributed by atoms with Crippen LogP contribution in [0.3, 0.4) is 0 Å². The van der Waals surface area contributed by atoms with Crippen molar-refractivity contribution in [2.75, 3.05) is 12.4 Å². The van der Waals surface area contributed by atoms with E-state index in [4.69, 9.17) is 16.3 Å². The molecule has 0 radical (unpaired) electrons. The molecule has 0 aliphatic rings. The Kier molecular flexibility index (Phi) is 3.73. The second-order valence-corrected chi connectivity index (χ2v) is 5.21. The lowest BCUT2D eigenvalue weighted by molar-refractivity contribution is 0.102. The van der Waals surface area contributed by atoms with E-state index >= 15 is 0 Å². The predicted octanol–water partition coefficient (Wildman–Crippen LogP) is 3.56. The molecule has 0 aliphatic carbocycles. The second-order valence-electron chi connectivity index (χ2n) is 4.77. The summed E-state index contributed by atoms with van der Waals surface area (Å²) >= 11 is 5.96. The van der Waals surface area contributed by atoms with Crippen molar-refractivity contribution in [1.82, 2.24) is 9.38 Å². The van der Waals surface area contributed by atoms with Gasteiger partial charge in [0.15, 0.2) is 0 Å². The Labute approximate surface area is 132 Å². The highest BCUT2D eigenvalue weighted by atomic mass is 35.5. The molecule has 0 aliphatic heterocycles. The van der Waals surface area contributed by atoms with Crippen molar-refractivity contribution < 1.29 is 9.53 Å². The van der Waals surface area contributed by atoms with Crippen LogP contribution in [0.1, 0.15) is 16.2 Å². The molecular weight excluding hydrogens is 302 g/mol. The number of methoxy groups -OCH3 is 1. The van der Waals surface area contributed by atoms with Crippen molar-refractivity contribution in [3.05, 3.63) is 59.0 Å². The summed E-state index contributed by atoms with van der Waals surface area (Å²) in [6.45, 7) is 1.79. The maximum atomic E-state index is 12.6. The van der Waals surface area contributed by atoms with Crippen molar-refractivity contribution in [3.8, 4) is 5.75 Å². The molecule has 2 heterocycles. The summed E-state index contributed by atoms with van der Waals surface area (Å²) in [7, 11) is 1.56. The van der Waals surface area contributed by atoms with E-state index in [1.54, 1.807) is 48.9 Å². The third kappa shape index (κ3) is 2.51. The van der Waals surface area contributed by atoms with Gasteiger partial charge in [-0.25, -0.2) is 4.98 Å². The van der Waals surface area contributed by atoms with Crippen LogP contribution < -0.4 is 10.1 Å². The smallest absolute Gasteiger partial charge is 0.274 e. The Morgan fingerprint density at radius 1 is 1.32 bits per heavy atom. The van der Waals surface area contributed by atoms with E-state index in [0.717, 1.165) is 0 Å². The first-order chi connectivity index (χ1) is 10.6. The number of nitrogens with one attached hydrogen (secondary N) is 1. The van der Waals surface area contributed by atoms with Crippen LogP contribution in [0.2, 0.25) is 5.02 Å². The predicted molar refractivity (Wildman–Crippen MR) is 85.9 cm³/mol. The number of hydrogen-bond acceptors (Lipinski definition) is 3. The highest BCUT2D eigenvalue weighted by Gasteiger charge is 2.18. The van der Waals surface area contributed by atoms with Crippen LogP contribution in [0, 0.1) is 6.92 Å². The fraction of sp³-hybridized carbons (Fsp3) is 0.125. The summed E-state index contributed by atoms with van der Waals surface area (Å²) in [4.78, 5) is 17.0. The second kappa shape index (κ2) is 5.69. The number of anilines is 1. The third-order valence-electron chi connectivity index (χ3n) is 3.33. The van der Waals surface area contributed by atoms with E-state index in [1.165, 1.54) is 0 Å². The van der Waals surface area contributed by atoms with Gasteiger partial charge in [-0.05, 0) is 25.1 Å². The quantitative estimate of drug-likeness (QED) is 0.804. The van der Waals surface area contributed by atoms with Crippen molar-refractivity contribution in [2.24, 2.45) is 0 Å². The van der Waals surface area contributed by atoms with Crippen molar-refractivity contribution >= 4 is 28.8 Å². The number of rotatable bonds is 3. The average Bonchev–Trinajstić information content (AvgIpc) is 2.82. The molecular formula is C16H14ClN3O2. The molecule has 5 nitrogen and oxygen atoms in total. The van der Waals surface area contributed by atoms with Gasteiger partial charge < -0.3 is 10.1 Å². The molecule has 0 saturated heterocycles. The summed E-state index contributed by atoms with van der Waals surface area (Å²) in [5.41, 5.74) is 2.35. The molecule has 1 aromatic carbocycles. The number of aromatic nitrogens is 2. The highest BCUT2D eigenvalue weighted by Crippen LogP contribution is 2.24. The summed E-state index contributed by atoms with van der Waals surface area (Å²) in [5.74, 6) is 0.349. The van der Waals surface area contributed by atoms with Gasteiger partial charge in [-0.2, -0.15) is 0 Å². The molecule has 3 rings (SSSR count). The first-order valence-corrected chi connectivity index (χ1v) is 7.06. The number of halogens is 1. The number of aryl methyl sites for hydroxylation is 1. The zero-order valence-corrected chi connectivity index (χ0v) is 12.9. The molecule has 1 amide bonds. The molecule has 0 atom stereocenters. The third-order valence-corrected chi connectivity index (χ3v) is 3.57. The number of amides is 1. The van der Waals surface area contributed by atoms with Crippen molar-refractivity contribution in [1.29, 1.82) is 0 Å². The van der Waals surface area contributed by atoms with E-state index < -0.39 is 0 Å². The lowest BCUT2D eigenvalue weighted by Gasteiger charge is -2.10. The zero-order valence-electron chi connectivity index (χ0n) is 12.1. The van der Waals surface area contributed by atoms with Crippen LogP contribution in [0.5, 0.6) is 5.75 Å². The number of pyridine rings is 1. The van der Waals surface area contributed by atoms with Crippen LogP contribution in [0.4, 0.5) is 5.69 Å². The Hall–Kier alpha value is -2.53. The molecule has 0 spiro atoms. The van der Waals surface area contributed by atoms with E-state index in [0.29, 0.717) is 33.5 Å². The normalized spacial score (nSPS) is 10.7. The molecule has 22 heavy (non-hydrogen) atoms. The molecule has 1 N–H and O–H groups in total. The van der Waals surface area contributed by atoms with Crippen molar-refractivity contribution in [2.45, 2.75) is 6.92 Å². The highest BCUT2D eigenvalue weighted by molar-refractivity contribution is 6.30. The lowest BCUT2D eigenvalue weighted by atomic mass is 10.2. The van der Waals surface area contributed by atoms with Gasteiger partial charge in [-0.3, -0.25) is 9.20 Å². The van der Waals surface area contributed by atoms with E-state index in [9.17, 15) is 4.79 Å². The molecule has 3 aromatic rings. The number of carbonyl (C=O) groups is 1. The zero-order chi connectivity index (χ0) is 15.7. The number of para-hydroxylation sites is 2. The Bertz CT molecular complexity index is 858. The Morgan fingerprint density at radius 2 is 2.09 bits per heavy atom. The minimum absolute atomic E-state index is 0.253. The molecule has 0 saturated carbocycles. The molecule has 0 bridgehead atoms. The number of hydrogen-bond donors (Lipinski definition) is 1. The maximum absolute atomic E-state index is 12.6. The van der Waals surface area contributed by atoms with E-state index in [1.807, 2.05) is 12.1 Å². The van der Waals surface area contributed by atoms with Gasteiger partial charge in [0.2, 0.25) is 0 Å². The molecule has 112 valence electrons. The Morgan fingerprint density at radius 3 is 2.86 bits per heavy atom. The van der Waals surface area contributed by atoms with E-state index in [-0.39, 0.29) is 5.91 Å². The summed E-state index contributed by atoms with van der Waals surface area (Å²) in [5, 5.41) is 3.43. The largest absolute Gasteiger partial charge is 0.495 e. The summed E-state index contributed by atoms with van der Waals surface area (Å²) in [6, 6.07) is 10.7. The van der Waals surface area contributed by atoms with Crippen LogP contribution >= 0.6 is 11.6 Å². The number of fused-ring (bicyclic) bond motifs is 1. The standard InChI is InChI=1S/C16H14ClN3O2/c1-10-15(20-8-7-11(17)9-14(20)18-10)16(21)19-12-5-3-4-6-13(12)22-2/h3-9H,1-2H3,(H,19,21). The van der Waals surface area contributed by atoms with Crippen LogP contribution in [-0.2, 0) is 0 Å². The van der Waals surface area contributed by atoms with Gasteiger partial charge in [0.05, 0.1) is 18.5 Å². The fourth-order valence-corrected chi connectivity index (χ4v) is 2.49. The monoisotopic (exact) mass is 315 g/mol. The Balaban J connectivity index is 2.00. The lowest BCUT2D eigenvalue weighted by Crippen LogP contribution is -2.16. The molecule has 2 aromatic heterocycles. The van der Waals surface area contributed by atoms with Gasteiger partial charge in [-0.1, -0.05) is 23.7 Å². The minimum atomic E-state index is -0.253. The average molecular weight is 316 g/mol. The number of nitrogens with zero attached hydrogens (tertiary/aromatic N) is 2. The maximum Gasteiger partial charge on any atom is 0.274 e. The molecule has 0 fully saturated rings. The van der Waals surface area contributed by atoms with E-state index in [2.05, 4.69) is 10.3 Å². The molecule has 6 heteroatoms. The first-order valence-electron chi connectivity index (χ1n) is 6.68. The number of imidazole rings is 1. The van der Waals surface area contributed by atoms with Crippen LogP contribution in [-0.4, -0.2) is 22.4 Å². The van der Waals surface area contributed by atoms with Gasteiger partial charge in [0.1, 0.15) is 17.1 Å². The first kappa shape index (κ1) is 14.4. The summed E-state index contributed by atoms with van der Waals surface area (Å²) in [6.07, 6.45) is 1.73. The van der Waals surface area contributed by atoms with Gasteiger partial charge in [-0.15, -0.1) is 0 Å². The van der Waals surface area contributed by atoms with Gasteiger partial charge >= 0.3 is 0 Å². The minimum Gasteiger partial charge on any atom is -0.495 e. The van der Waals surface area contributed by atoms with Crippen LogP contribution in [0.15, 0.2) is 42.6 Å². The summed E-state index contributed by atoms with van der Waals surface area (Å²) < 4.78 is 6.96. The van der Waals surface area contributed by atoms with Gasteiger partial charge in [0.25, 0.3) is 5.91 Å². The van der Waals surface area contributed by atoms with Crippen molar-refractivity contribution in [3.63, 3.8) is 0 Å².